The van der Waals surface area contributed by atoms with Gasteiger partial charge in [-0.1, -0.05) is 24.3 Å². The summed E-state index contributed by atoms with van der Waals surface area (Å²) in [4.78, 5) is 2.23. The molecule has 1 aromatic rings. The Morgan fingerprint density at radius 1 is 1.37 bits per heavy atom. The summed E-state index contributed by atoms with van der Waals surface area (Å²) in [5.41, 5.74) is 7.51. The van der Waals surface area contributed by atoms with E-state index in [-0.39, 0.29) is 12.5 Å². The fourth-order valence-electron chi connectivity index (χ4n) is 2.99. The molecule has 0 amide bonds. The van der Waals surface area contributed by atoms with E-state index in [0.29, 0.717) is 12.5 Å². The molecule has 1 fully saturated rings. The minimum atomic E-state index is -2.67. The lowest BCUT2D eigenvalue weighted by Gasteiger charge is -2.23. The van der Waals surface area contributed by atoms with E-state index >= 15 is 0 Å². The van der Waals surface area contributed by atoms with Crippen molar-refractivity contribution < 1.29 is 8.78 Å². The molecule has 2 unspecified atom stereocenters. The van der Waals surface area contributed by atoms with Gasteiger partial charge in [0.05, 0.1) is 0 Å². The third-order valence-corrected chi connectivity index (χ3v) is 3.88. The molecule has 0 radical (unpaired) electrons. The molecular formula is C15H22F2N2. The van der Waals surface area contributed by atoms with E-state index in [0.717, 1.165) is 31.0 Å². The lowest BCUT2D eigenvalue weighted by molar-refractivity contribution is 0.0222. The van der Waals surface area contributed by atoms with Gasteiger partial charge < -0.3 is 5.73 Å². The Kier molecular flexibility index (Phi) is 4.21. The van der Waals surface area contributed by atoms with E-state index in [9.17, 15) is 8.78 Å². The molecule has 1 aromatic carbocycles. The molecular weight excluding hydrogens is 246 g/mol. The third kappa shape index (κ3) is 3.51. The zero-order valence-electron chi connectivity index (χ0n) is 11.6. The second-order valence-electron chi connectivity index (χ2n) is 5.74. The lowest BCUT2D eigenvalue weighted by Crippen LogP contribution is -2.22. The lowest BCUT2D eigenvalue weighted by atomic mass is 9.93. The van der Waals surface area contributed by atoms with Crippen LogP contribution in [0, 0.1) is 5.92 Å². The zero-order valence-corrected chi connectivity index (χ0v) is 11.6. The number of hydrogen-bond donors (Lipinski definition) is 1. The SMILES string of the molecule is CN1CC(CN)CC1c1ccccc1CC(C)(F)F. The predicted octanol–water partition coefficient (Wildman–Crippen LogP) is 2.84. The first kappa shape index (κ1) is 14.4. The second-order valence-corrected chi connectivity index (χ2v) is 5.74. The first-order valence-corrected chi connectivity index (χ1v) is 6.76. The summed E-state index contributed by atoms with van der Waals surface area (Å²) in [6.45, 7) is 2.58. The molecule has 2 rings (SSSR count). The summed E-state index contributed by atoms with van der Waals surface area (Å²) in [6, 6.07) is 7.76. The van der Waals surface area contributed by atoms with Crippen LogP contribution in [0.15, 0.2) is 24.3 Å². The first-order valence-electron chi connectivity index (χ1n) is 6.76. The predicted molar refractivity (Wildman–Crippen MR) is 73.3 cm³/mol. The quantitative estimate of drug-likeness (QED) is 0.910. The van der Waals surface area contributed by atoms with E-state index in [4.69, 9.17) is 5.73 Å². The van der Waals surface area contributed by atoms with Gasteiger partial charge in [0.1, 0.15) is 0 Å². The molecule has 4 heteroatoms. The van der Waals surface area contributed by atoms with Gasteiger partial charge in [-0.3, -0.25) is 4.90 Å². The van der Waals surface area contributed by atoms with E-state index in [2.05, 4.69) is 4.90 Å². The van der Waals surface area contributed by atoms with Crippen LogP contribution in [0.2, 0.25) is 0 Å². The number of alkyl halides is 2. The first-order chi connectivity index (χ1) is 8.90. The van der Waals surface area contributed by atoms with Gasteiger partial charge in [0.25, 0.3) is 0 Å². The van der Waals surface area contributed by atoms with Crippen molar-refractivity contribution in [2.75, 3.05) is 20.1 Å². The van der Waals surface area contributed by atoms with Crippen molar-refractivity contribution in [3.8, 4) is 0 Å². The fourth-order valence-corrected chi connectivity index (χ4v) is 2.99. The zero-order chi connectivity index (χ0) is 14.0. The van der Waals surface area contributed by atoms with Gasteiger partial charge in [-0.25, -0.2) is 8.78 Å². The van der Waals surface area contributed by atoms with Crippen molar-refractivity contribution in [2.24, 2.45) is 11.7 Å². The Bertz CT molecular complexity index is 428. The monoisotopic (exact) mass is 268 g/mol. The average molecular weight is 268 g/mol. The summed E-state index contributed by atoms with van der Waals surface area (Å²) < 4.78 is 26.6. The van der Waals surface area contributed by atoms with Crippen LogP contribution in [0.3, 0.4) is 0 Å². The maximum atomic E-state index is 13.3. The summed E-state index contributed by atoms with van der Waals surface area (Å²) in [7, 11) is 2.04. The molecule has 106 valence electrons. The molecule has 0 saturated carbocycles. The molecule has 2 atom stereocenters. The molecule has 0 aromatic heterocycles. The largest absolute Gasteiger partial charge is 0.330 e. The second kappa shape index (κ2) is 5.55. The Labute approximate surface area is 113 Å². The molecule has 1 heterocycles. The van der Waals surface area contributed by atoms with Crippen LogP contribution in [0.5, 0.6) is 0 Å². The molecule has 1 saturated heterocycles. The van der Waals surface area contributed by atoms with Crippen molar-refractivity contribution in [2.45, 2.75) is 31.7 Å². The molecule has 0 aliphatic carbocycles. The number of rotatable bonds is 4. The van der Waals surface area contributed by atoms with Gasteiger partial charge in [0.15, 0.2) is 0 Å². The highest BCUT2D eigenvalue weighted by Crippen LogP contribution is 2.36. The van der Waals surface area contributed by atoms with Gasteiger partial charge in [-0.2, -0.15) is 0 Å². The maximum Gasteiger partial charge on any atom is 0.249 e. The summed E-state index contributed by atoms with van der Waals surface area (Å²) in [5.74, 6) is -2.20. The van der Waals surface area contributed by atoms with Crippen LogP contribution < -0.4 is 5.73 Å². The Balaban J connectivity index is 2.25. The molecule has 2 nitrogen and oxygen atoms in total. The van der Waals surface area contributed by atoms with Crippen molar-refractivity contribution in [3.63, 3.8) is 0 Å². The van der Waals surface area contributed by atoms with E-state index < -0.39 is 5.92 Å². The van der Waals surface area contributed by atoms with Gasteiger partial charge >= 0.3 is 0 Å². The molecule has 0 bridgehead atoms. The Morgan fingerprint density at radius 2 is 2.05 bits per heavy atom. The highest BCUT2D eigenvalue weighted by atomic mass is 19.3. The van der Waals surface area contributed by atoms with Gasteiger partial charge in [-0.15, -0.1) is 0 Å². The highest BCUT2D eigenvalue weighted by molar-refractivity contribution is 5.31. The number of benzene rings is 1. The van der Waals surface area contributed by atoms with Crippen molar-refractivity contribution in [1.82, 2.24) is 4.90 Å². The van der Waals surface area contributed by atoms with Crippen LogP contribution >= 0.6 is 0 Å². The Morgan fingerprint density at radius 3 is 2.63 bits per heavy atom. The minimum absolute atomic E-state index is 0.194. The standard InChI is InChI=1S/C15H22F2N2/c1-15(16,17)8-12-5-3-4-6-13(12)14-7-11(9-18)10-19(14)2/h3-6,11,14H,7-10,18H2,1-2H3. The molecule has 19 heavy (non-hydrogen) atoms. The number of likely N-dealkylation sites (tertiary alicyclic amines) is 1. The number of halogens is 2. The van der Waals surface area contributed by atoms with Crippen LogP contribution in [-0.2, 0) is 6.42 Å². The van der Waals surface area contributed by atoms with E-state index in [1.54, 1.807) is 0 Å². The molecule has 0 spiro atoms. The van der Waals surface area contributed by atoms with Gasteiger partial charge in [0.2, 0.25) is 5.92 Å². The fraction of sp³-hybridized carbons (Fsp3) is 0.600. The minimum Gasteiger partial charge on any atom is -0.330 e. The highest BCUT2D eigenvalue weighted by Gasteiger charge is 2.32. The van der Waals surface area contributed by atoms with Crippen LogP contribution in [0.1, 0.15) is 30.5 Å². The maximum absolute atomic E-state index is 13.3. The smallest absolute Gasteiger partial charge is 0.249 e. The van der Waals surface area contributed by atoms with Crippen LogP contribution in [0.25, 0.3) is 0 Å². The molecule has 1 aliphatic heterocycles. The number of nitrogens with two attached hydrogens (primary N) is 1. The van der Waals surface area contributed by atoms with Crippen molar-refractivity contribution in [1.29, 1.82) is 0 Å². The molecule has 1 aliphatic rings. The Hall–Kier alpha value is -1.00. The number of nitrogens with zero attached hydrogens (tertiary/aromatic N) is 1. The topological polar surface area (TPSA) is 29.3 Å². The number of hydrogen-bond acceptors (Lipinski definition) is 2. The third-order valence-electron chi connectivity index (χ3n) is 3.88. The van der Waals surface area contributed by atoms with Crippen molar-refractivity contribution in [3.05, 3.63) is 35.4 Å². The summed E-state index contributed by atoms with van der Waals surface area (Å²) in [5, 5.41) is 0. The van der Waals surface area contributed by atoms with Gasteiger partial charge in [-0.05, 0) is 44.0 Å². The van der Waals surface area contributed by atoms with E-state index in [1.807, 2.05) is 31.3 Å². The van der Waals surface area contributed by atoms with Gasteiger partial charge in [0, 0.05) is 19.0 Å². The normalized spacial score (nSPS) is 24.9. The van der Waals surface area contributed by atoms with Crippen molar-refractivity contribution >= 4 is 0 Å². The van der Waals surface area contributed by atoms with Crippen LogP contribution in [0.4, 0.5) is 8.78 Å². The molecule has 2 N–H and O–H groups in total. The summed E-state index contributed by atoms with van der Waals surface area (Å²) in [6.07, 6.45) is 0.764. The van der Waals surface area contributed by atoms with Crippen LogP contribution in [-0.4, -0.2) is 31.0 Å². The van der Waals surface area contributed by atoms with E-state index in [1.165, 1.54) is 0 Å². The average Bonchev–Trinajstić information content (AvgIpc) is 2.69. The summed E-state index contributed by atoms with van der Waals surface area (Å²) >= 11 is 0.